The summed E-state index contributed by atoms with van der Waals surface area (Å²) in [6, 6.07) is 0. The Morgan fingerprint density at radius 2 is 1.76 bits per heavy atom. The summed E-state index contributed by atoms with van der Waals surface area (Å²) in [7, 11) is -3.92. The fraction of sp³-hybridized carbons (Fsp3) is 0.850. The molecule has 0 amide bonds. The standard InChI is InChI=1S/C19H33INO3.CH4O3S/c1-2-3-4-8-16-24-19(22)10-6-5-7-12-21(13-9-11-20)14-17-23-18-15-21;1-5(2,3)4/h2-8,10,12-18H2,1H3;1H3,(H,2,3,4)/q+1;/p-1. The van der Waals surface area contributed by atoms with Crippen molar-refractivity contribution in [1.29, 1.82) is 0 Å². The van der Waals surface area contributed by atoms with Crippen LogP contribution in [0.1, 0.15) is 58.3 Å². The van der Waals surface area contributed by atoms with E-state index >= 15 is 0 Å². The van der Waals surface area contributed by atoms with E-state index in [4.69, 9.17) is 22.4 Å². The quantitative estimate of drug-likeness (QED) is 0.0935. The lowest BCUT2D eigenvalue weighted by Gasteiger charge is -2.40. The van der Waals surface area contributed by atoms with Gasteiger partial charge in [-0.1, -0.05) is 26.2 Å². The number of hydrogen-bond donors (Lipinski definition) is 0. The smallest absolute Gasteiger partial charge is 0.305 e. The third-order valence-electron chi connectivity index (χ3n) is 4.68. The lowest BCUT2D eigenvalue weighted by Crippen LogP contribution is -2.55. The molecule has 0 unspecified atom stereocenters. The minimum Gasteiger partial charge on any atom is -0.748 e. The van der Waals surface area contributed by atoms with Gasteiger partial charge in [0.2, 0.25) is 0 Å². The van der Waals surface area contributed by atoms with Crippen molar-refractivity contribution >= 4 is 38.7 Å². The molecule has 0 aromatic carbocycles. The summed E-state index contributed by atoms with van der Waals surface area (Å²) in [5.74, 6) is 3.20. The number of ether oxygens (including phenoxy) is 2. The summed E-state index contributed by atoms with van der Waals surface area (Å²) in [4.78, 5) is 11.7. The Morgan fingerprint density at radius 3 is 2.34 bits per heavy atom. The minimum absolute atomic E-state index is 0.0300. The summed E-state index contributed by atoms with van der Waals surface area (Å²) >= 11 is 2.11. The Balaban J connectivity index is 0.00000139. The molecular weight excluding hydrogens is 509 g/mol. The van der Waals surface area contributed by atoms with E-state index in [-0.39, 0.29) is 5.97 Å². The fourth-order valence-corrected chi connectivity index (χ4v) is 3.24. The summed E-state index contributed by atoms with van der Waals surface area (Å²) in [5.41, 5.74) is 0. The molecule has 170 valence electrons. The van der Waals surface area contributed by atoms with Crippen LogP contribution in [0.3, 0.4) is 0 Å². The van der Waals surface area contributed by atoms with Crippen molar-refractivity contribution in [3.8, 4) is 9.85 Å². The van der Waals surface area contributed by atoms with E-state index in [1.165, 1.54) is 12.8 Å². The predicted octanol–water partition coefficient (Wildman–Crippen LogP) is 3.07. The molecule has 1 saturated heterocycles. The third-order valence-corrected chi connectivity index (χ3v) is 5.06. The minimum atomic E-state index is -3.92. The van der Waals surface area contributed by atoms with Crippen LogP contribution in [0.25, 0.3) is 0 Å². The zero-order chi connectivity index (χ0) is 22.0. The van der Waals surface area contributed by atoms with Gasteiger partial charge in [0.15, 0.2) is 0 Å². The number of unbranched alkanes of at least 4 members (excludes halogenated alkanes) is 5. The first-order valence-electron chi connectivity index (χ1n) is 10.3. The van der Waals surface area contributed by atoms with Gasteiger partial charge in [-0.05, 0) is 35.5 Å². The molecule has 0 bridgehead atoms. The summed E-state index contributed by atoms with van der Waals surface area (Å²) in [5, 5.41) is 0. The Labute approximate surface area is 190 Å². The molecule has 29 heavy (non-hydrogen) atoms. The molecule has 0 aromatic rings. The number of nitrogens with zero attached hydrogens (tertiary/aromatic N) is 1. The zero-order valence-corrected chi connectivity index (χ0v) is 20.8. The maximum atomic E-state index is 11.7. The number of quaternary nitrogens is 1. The van der Waals surface area contributed by atoms with Gasteiger partial charge in [-0.2, -0.15) is 0 Å². The molecule has 1 heterocycles. The predicted molar refractivity (Wildman–Crippen MR) is 122 cm³/mol. The fourth-order valence-electron chi connectivity index (χ4n) is 3.07. The second-order valence-electron chi connectivity index (χ2n) is 7.35. The van der Waals surface area contributed by atoms with E-state index in [0.717, 1.165) is 76.0 Å². The van der Waals surface area contributed by atoms with Gasteiger partial charge in [0, 0.05) is 35.3 Å². The van der Waals surface area contributed by atoms with Crippen molar-refractivity contribution in [2.45, 2.75) is 58.3 Å². The van der Waals surface area contributed by atoms with Gasteiger partial charge in [-0.15, -0.1) is 0 Å². The number of esters is 1. The van der Waals surface area contributed by atoms with Gasteiger partial charge < -0.3 is 18.5 Å². The van der Waals surface area contributed by atoms with Crippen LogP contribution < -0.4 is 0 Å². The molecule has 0 atom stereocenters. The van der Waals surface area contributed by atoms with Crippen LogP contribution in [-0.2, 0) is 24.4 Å². The van der Waals surface area contributed by atoms with Crippen molar-refractivity contribution in [3.63, 3.8) is 0 Å². The van der Waals surface area contributed by atoms with Gasteiger partial charge in [0.1, 0.15) is 19.6 Å². The number of rotatable bonds is 12. The SMILES string of the molecule is CCCCCCOC(=O)CCCCC[N+]1(CC#CI)CCOCC1.CS(=O)(=O)[O-]. The Kier molecular flexibility index (Phi) is 17.0. The van der Waals surface area contributed by atoms with Crippen molar-refractivity contribution in [3.05, 3.63) is 0 Å². The summed E-state index contributed by atoms with van der Waals surface area (Å²) < 4.78 is 42.1. The molecule has 0 aromatic heterocycles. The summed E-state index contributed by atoms with van der Waals surface area (Å²) in [6.07, 6.45) is 8.93. The van der Waals surface area contributed by atoms with Crippen LogP contribution >= 0.6 is 22.6 Å². The van der Waals surface area contributed by atoms with Crippen LogP contribution in [0.15, 0.2) is 0 Å². The average molecular weight is 545 g/mol. The number of hydrogen-bond acceptors (Lipinski definition) is 6. The van der Waals surface area contributed by atoms with E-state index < -0.39 is 10.1 Å². The highest BCUT2D eigenvalue weighted by atomic mass is 127. The topological polar surface area (TPSA) is 92.7 Å². The molecule has 0 radical (unpaired) electrons. The first-order chi connectivity index (χ1) is 13.7. The van der Waals surface area contributed by atoms with Gasteiger partial charge in [-0.25, -0.2) is 8.42 Å². The Hall–Kier alpha value is -0.410. The number of carbonyl (C=O) groups excluding carboxylic acids is 1. The second-order valence-corrected chi connectivity index (χ2v) is 9.30. The molecule has 1 rings (SSSR count). The van der Waals surface area contributed by atoms with Crippen LogP contribution in [-0.4, -0.2) is 75.7 Å². The Morgan fingerprint density at radius 1 is 1.14 bits per heavy atom. The van der Waals surface area contributed by atoms with Crippen LogP contribution in [0.4, 0.5) is 0 Å². The van der Waals surface area contributed by atoms with Crippen LogP contribution in [0.5, 0.6) is 0 Å². The van der Waals surface area contributed by atoms with Crippen molar-refractivity contribution in [2.24, 2.45) is 0 Å². The molecule has 9 heteroatoms. The van der Waals surface area contributed by atoms with E-state index in [0.29, 0.717) is 19.3 Å². The highest BCUT2D eigenvalue weighted by molar-refractivity contribution is 14.1. The van der Waals surface area contributed by atoms with Crippen LogP contribution in [0, 0.1) is 9.85 Å². The monoisotopic (exact) mass is 545 g/mol. The zero-order valence-electron chi connectivity index (χ0n) is 17.8. The van der Waals surface area contributed by atoms with E-state index in [1.807, 2.05) is 0 Å². The maximum Gasteiger partial charge on any atom is 0.305 e. The van der Waals surface area contributed by atoms with Gasteiger partial charge in [0.05, 0.1) is 36.5 Å². The number of halogens is 1. The van der Waals surface area contributed by atoms with Gasteiger partial charge in [-0.3, -0.25) is 4.79 Å². The molecule has 0 spiro atoms. The maximum absolute atomic E-state index is 11.7. The van der Waals surface area contributed by atoms with Crippen molar-refractivity contribution in [2.75, 3.05) is 52.3 Å². The number of carbonyl (C=O) groups is 1. The molecule has 0 aliphatic carbocycles. The molecule has 1 fully saturated rings. The molecule has 0 saturated carbocycles. The van der Waals surface area contributed by atoms with E-state index in [9.17, 15) is 4.79 Å². The van der Waals surface area contributed by atoms with E-state index in [2.05, 4.69) is 39.4 Å². The average Bonchev–Trinajstić information content (AvgIpc) is 2.65. The van der Waals surface area contributed by atoms with E-state index in [1.54, 1.807) is 0 Å². The first kappa shape index (κ1) is 28.6. The lowest BCUT2D eigenvalue weighted by molar-refractivity contribution is -0.928. The van der Waals surface area contributed by atoms with Gasteiger partial charge >= 0.3 is 5.97 Å². The second kappa shape index (κ2) is 17.3. The Bertz CT molecular complexity index is 586. The molecule has 1 aliphatic rings. The largest absolute Gasteiger partial charge is 0.748 e. The van der Waals surface area contributed by atoms with Crippen molar-refractivity contribution in [1.82, 2.24) is 0 Å². The summed E-state index contributed by atoms with van der Waals surface area (Å²) in [6.45, 7) is 8.64. The normalized spacial score (nSPS) is 15.4. The van der Waals surface area contributed by atoms with Gasteiger partial charge in [0.25, 0.3) is 0 Å². The van der Waals surface area contributed by atoms with Crippen LogP contribution in [0.2, 0.25) is 0 Å². The highest BCUT2D eigenvalue weighted by Crippen LogP contribution is 2.14. The molecule has 1 aliphatic heterocycles. The first-order valence-corrected chi connectivity index (χ1v) is 13.2. The van der Waals surface area contributed by atoms with Crippen molar-refractivity contribution < 1.29 is 31.7 Å². The molecular formula is C20H36INO6S. The molecule has 7 nitrogen and oxygen atoms in total. The highest BCUT2D eigenvalue weighted by Gasteiger charge is 2.28. The lowest BCUT2D eigenvalue weighted by atomic mass is 10.1. The number of morpholine rings is 1. The third kappa shape index (κ3) is 19.3. The molecule has 0 N–H and O–H groups in total.